The molecule has 1 aromatic heterocycles. The van der Waals surface area contributed by atoms with Crippen molar-refractivity contribution in [3.05, 3.63) is 38.5 Å². The van der Waals surface area contributed by atoms with Gasteiger partial charge in [0.2, 0.25) is 0 Å². The monoisotopic (exact) mass is 344 g/mol. The Bertz CT molecular complexity index is 604. The third-order valence-electron chi connectivity index (χ3n) is 2.26. The summed E-state index contributed by atoms with van der Waals surface area (Å²) in [7, 11) is 1.75. The Balaban J connectivity index is 2.18. The van der Waals surface area contributed by atoms with Crippen LogP contribution >= 0.6 is 27.5 Å². The van der Waals surface area contributed by atoms with Crippen molar-refractivity contribution in [3.63, 3.8) is 0 Å². The normalized spacial score (nSPS) is 10.2. The topological polar surface area (TPSA) is 90.2 Å². The SMILES string of the molecule is CNc1snnc1COc1ccc(Br)cc1[N+](=O)[O-]. The fraction of sp³-hybridized carbons (Fsp3) is 0.200. The van der Waals surface area contributed by atoms with Gasteiger partial charge >= 0.3 is 5.69 Å². The summed E-state index contributed by atoms with van der Waals surface area (Å²) in [6, 6.07) is 4.62. The third kappa shape index (κ3) is 3.18. The summed E-state index contributed by atoms with van der Waals surface area (Å²) in [6.07, 6.45) is 0. The molecule has 2 aromatic rings. The maximum absolute atomic E-state index is 10.9. The standard InChI is InChI=1S/C10H9BrN4O3S/c1-12-10-7(13-14-19-10)5-18-9-3-2-6(11)4-8(9)15(16)17/h2-4,12H,5H2,1H3. The lowest BCUT2D eigenvalue weighted by Crippen LogP contribution is -2.01. The Labute approximate surface area is 121 Å². The third-order valence-corrected chi connectivity index (χ3v) is 3.54. The lowest BCUT2D eigenvalue weighted by Gasteiger charge is -2.06. The van der Waals surface area contributed by atoms with Crippen LogP contribution in [0, 0.1) is 10.1 Å². The van der Waals surface area contributed by atoms with Gasteiger partial charge in [0, 0.05) is 29.1 Å². The van der Waals surface area contributed by atoms with E-state index < -0.39 is 4.92 Å². The number of hydrogen-bond acceptors (Lipinski definition) is 7. The predicted molar refractivity (Wildman–Crippen MR) is 74.6 cm³/mol. The zero-order valence-electron chi connectivity index (χ0n) is 9.79. The minimum Gasteiger partial charge on any atom is -0.480 e. The highest BCUT2D eigenvalue weighted by molar-refractivity contribution is 9.10. The van der Waals surface area contributed by atoms with Gasteiger partial charge in [-0.2, -0.15) is 0 Å². The second kappa shape index (κ2) is 5.93. The molecule has 1 aromatic carbocycles. The number of hydrogen-bond donors (Lipinski definition) is 1. The molecule has 2 rings (SSSR count). The minimum absolute atomic E-state index is 0.0939. The van der Waals surface area contributed by atoms with Crippen LogP contribution in [0.25, 0.3) is 0 Å². The number of nitrogens with zero attached hydrogens (tertiary/aromatic N) is 3. The first-order valence-corrected chi connectivity index (χ1v) is 6.74. The quantitative estimate of drug-likeness (QED) is 0.662. The molecule has 0 aliphatic rings. The van der Waals surface area contributed by atoms with E-state index >= 15 is 0 Å². The van der Waals surface area contributed by atoms with Crippen LogP contribution < -0.4 is 10.1 Å². The van der Waals surface area contributed by atoms with Crippen molar-refractivity contribution in [1.82, 2.24) is 9.59 Å². The highest BCUT2D eigenvalue weighted by Gasteiger charge is 2.16. The summed E-state index contributed by atoms with van der Waals surface area (Å²) >= 11 is 4.39. The molecule has 19 heavy (non-hydrogen) atoms. The highest BCUT2D eigenvalue weighted by atomic mass is 79.9. The van der Waals surface area contributed by atoms with Gasteiger partial charge < -0.3 is 10.1 Å². The number of aromatic nitrogens is 2. The van der Waals surface area contributed by atoms with E-state index in [9.17, 15) is 10.1 Å². The van der Waals surface area contributed by atoms with Crippen LogP contribution in [0.15, 0.2) is 22.7 Å². The molecule has 0 bridgehead atoms. The fourth-order valence-electron chi connectivity index (χ4n) is 1.39. The van der Waals surface area contributed by atoms with Crippen LogP contribution in [0.1, 0.15) is 5.69 Å². The fourth-order valence-corrected chi connectivity index (χ4v) is 2.26. The Morgan fingerprint density at radius 3 is 3.05 bits per heavy atom. The Morgan fingerprint density at radius 2 is 2.37 bits per heavy atom. The molecule has 0 spiro atoms. The molecular weight excluding hydrogens is 336 g/mol. The van der Waals surface area contributed by atoms with E-state index in [4.69, 9.17) is 4.74 Å². The summed E-state index contributed by atoms with van der Waals surface area (Å²) in [5, 5.41) is 18.5. The molecule has 100 valence electrons. The number of anilines is 1. The van der Waals surface area contributed by atoms with E-state index in [0.717, 1.165) is 5.00 Å². The van der Waals surface area contributed by atoms with Crippen molar-refractivity contribution in [2.24, 2.45) is 0 Å². The van der Waals surface area contributed by atoms with Crippen LogP contribution in [0.5, 0.6) is 5.75 Å². The molecule has 0 saturated carbocycles. The van der Waals surface area contributed by atoms with Gasteiger partial charge in [-0.25, -0.2) is 0 Å². The van der Waals surface area contributed by atoms with Gasteiger partial charge in [-0.1, -0.05) is 20.4 Å². The molecular formula is C10H9BrN4O3S. The summed E-state index contributed by atoms with van der Waals surface area (Å²) in [4.78, 5) is 10.4. The number of nitro benzene ring substituents is 1. The number of nitro groups is 1. The van der Waals surface area contributed by atoms with E-state index in [1.807, 2.05) is 0 Å². The van der Waals surface area contributed by atoms with Crippen molar-refractivity contribution >= 4 is 38.2 Å². The molecule has 0 saturated heterocycles. The second-order valence-corrected chi connectivity index (χ2v) is 5.13. The van der Waals surface area contributed by atoms with Crippen molar-refractivity contribution < 1.29 is 9.66 Å². The molecule has 1 heterocycles. The predicted octanol–water partition coefficient (Wildman–Crippen LogP) is 2.83. The molecule has 9 heteroatoms. The average molecular weight is 345 g/mol. The summed E-state index contributed by atoms with van der Waals surface area (Å²) in [6.45, 7) is 0.120. The van der Waals surface area contributed by atoms with Crippen molar-refractivity contribution in [2.75, 3.05) is 12.4 Å². The summed E-state index contributed by atoms with van der Waals surface area (Å²) < 4.78 is 9.85. The Kier molecular flexibility index (Phi) is 4.27. The van der Waals surface area contributed by atoms with Crippen LogP contribution in [0.3, 0.4) is 0 Å². The van der Waals surface area contributed by atoms with Gasteiger partial charge in [0.1, 0.15) is 17.3 Å². The van der Waals surface area contributed by atoms with Crippen LogP contribution in [-0.4, -0.2) is 21.6 Å². The number of ether oxygens (including phenoxy) is 1. The van der Waals surface area contributed by atoms with E-state index in [-0.39, 0.29) is 18.0 Å². The van der Waals surface area contributed by atoms with Gasteiger partial charge in [0.15, 0.2) is 5.75 Å². The van der Waals surface area contributed by atoms with Crippen molar-refractivity contribution in [3.8, 4) is 5.75 Å². The van der Waals surface area contributed by atoms with Gasteiger partial charge in [-0.15, -0.1) is 5.10 Å². The lowest BCUT2D eigenvalue weighted by molar-refractivity contribution is -0.386. The molecule has 0 aliphatic carbocycles. The van der Waals surface area contributed by atoms with Crippen LogP contribution in [0.2, 0.25) is 0 Å². The van der Waals surface area contributed by atoms with Crippen molar-refractivity contribution in [1.29, 1.82) is 0 Å². The zero-order chi connectivity index (χ0) is 13.8. The summed E-state index contributed by atoms with van der Waals surface area (Å²) in [5.74, 6) is 0.197. The molecule has 0 atom stereocenters. The Hall–Kier alpha value is -1.74. The van der Waals surface area contributed by atoms with E-state index in [2.05, 4.69) is 30.8 Å². The van der Waals surface area contributed by atoms with E-state index in [0.29, 0.717) is 10.2 Å². The van der Waals surface area contributed by atoms with Gasteiger partial charge in [0.05, 0.1) is 4.92 Å². The van der Waals surface area contributed by atoms with Gasteiger partial charge in [-0.3, -0.25) is 10.1 Å². The molecule has 0 amide bonds. The highest BCUT2D eigenvalue weighted by Crippen LogP contribution is 2.31. The maximum Gasteiger partial charge on any atom is 0.312 e. The number of rotatable bonds is 5. The zero-order valence-corrected chi connectivity index (χ0v) is 12.2. The second-order valence-electron chi connectivity index (χ2n) is 3.46. The summed E-state index contributed by atoms with van der Waals surface area (Å²) in [5.41, 5.74) is 0.522. The van der Waals surface area contributed by atoms with Crippen molar-refractivity contribution in [2.45, 2.75) is 6.61 Å². The van der Waals surface area contributed by atoms with E-state index in [1.54, 1.807) is 19.2 Å². The molecule has 0 fully saturated rings. The molecule has 7 nitrogen and oxygen atoms in total. The smallest absolute Gasteiger partial charge is 0.312 e. The maximum atomic E-state index is 10.9. The first kappa shape index (κ1) is 13.7. The molecule has 0 radical (unpaired) electrons. The minimum atomic E-state index is -0.488. The number of nitrogens with one attached hydrogen (secondary N) is 1. The van der Waals surface area contributed by atoms with Crippen LogP contribution in [-0.2, 0) is 6.61 Å². The van der Waals surface area contributed by atoms with Gasteiger partial charge in [0.25, 0.3) is 0 Å². The first-order valence-electron chi connectivity index (χ1n) is 5.17. The molecule has 0 aliphatic heterocycles. The largest absolute Gasteiger partial charge is 0.480 e. The van der Waals surface area contributed by atoms with E-state index in [1.165, 1.54) is 17.6 Å². The Morgan fingerprint density at radius 1 is 1.58 bits per heavy atom. The average Bonchev–Trinajstić information content (AvgIpc) is 2.84. The first-order chi connectivity index (χ1) is 9.11. The molecule has 0 unspecified atom stereocenters. The van der Waals surface area contributed by atoms with Gasteiger partial charge in [-0.05, 0) is 12.1 Å². The number of halogens is 1. The lowest BCUT2D eigenvalue weighted by atomic mass is 10.3. The number of benzene rings is 1. The molecule has 1 N–H and O–H groups in total. The van der Waals surface area contributed by atoms with Crippen LogP contribution in [0.4, 0.5) is 10.7 Å².